The van der Waals surface area contributed by atoms with Crippen molar-refractivity contribution in [3.8, 4) is 0 Å². The maximum Gasteiger partial charge on any atom is 0.241 e. The molecule has 0 radical (unpaired) electrons. The predicted octanol–water partition coefficient (Wildman–Crippen LogP) is 0.613. The van der Waals surface area contributed by atoms with Gasteiger partial charge in [-0.1, -0.05) is 0 Å². The van der Waals surface area contributed by atoms with Gasteiger partial charge in [-0.3, -0.25) is 0 Å². The minimum absolute atomic E-state index is 0.119. The summed E-state index contributed by atoms with van der Waals surface area (Å²) in [5, 5.41) is 10.5. The number of aliphatic hydroxyl groups excluding tert-OH is 1. The van der Waals surface area contributed by atoms with Crippen molar-refractivity contribution in [2.24, 2.45) is 0 Å². The van der Waals surface area contributed by atoms with Crippen molar-refractivity contribution in [3.05, 3.63) is 16.3 Å². The Balaban J connectivity index is 1.98. The maximum absolute atomic E-state index is 12.0. The van der Waals surface area contributed by atoms with Crippen LogP contribution < -0.4 is 4.72 Å². The molecule has 1 atom stereocenters. The minimum atomic E-state index is -3.44. The third-order valence-corrected chi connectivity index (χ3v) is 5.75. The highest BCUT2D eigenvalue weighted by atomic mass is 32.2. The lowest BCUT2D eigenvalue weighted by molar-refractivity contribution is 0.285. The number of likely N-dealkylation sites (N-methyl/N-ethyl adjacent to an activating group) is 1. The number of thiophene rings is 1. The van der Waals surface area contributed by atoms with E-state index in [4.69, 9.17) is 5.11 Å². The molecule has 1 aliphatic heterocycles. The summed E-state index contributed by atoms with van der Waals surface area (Å²) in [7, 11) is -1.42. The summed E-state index contributed by atoms with van der Waals surface area (Å²) in [6.07, 6.45) is 2.15. The smallest absolute Gasteiger partial charge is 0.241 e. The van der Waals surface area contributed by atoms with Crippen molar-refractivity contribution in [1.82, 2.24) is 9.62 Å². The van der Waals surface area contributed by atoms with E-state index < -0.39 is 10.0 Å². The van der Waals surface area contributed by atoms with E-state index >= 15 is 0 Å². The fraction of sp³-hybridized carbons (Fsp3) is 0.636. The zero-order valence-corrected chi connectivity index (χ0v) is 11.9. The molecule has 0 aromatic carbocycles. The highest BCUT2D eigenvalue weighted by Crippen LogP contribution is 2.20. The summed E-state index contributed by atoms with van der Waals surface area (Å²) in [5.74, 6) is 0. The molecule has 2 heterocycles. The Morgan fingerprint density at radius 1 is 1.61 bits per heavy atom. The molecular formula is C11H18N2O3S2. The van der Waals surface area contributed by atoms with Crippen LogP contribution in [0.15, 0.2) is 16.3 Å². The third-order valence-electron chi connectivity index (χ3n) is 3.28. The highest BCUT2D eigenvalue weighted by molar-refractivity contribution is 7.89. The number of aliphatic hydroxyl groups is 1. The van der Waals surface area contributed by atoms with Gasteiger partial charge in [-0.2, -0.15) is 0 Å². The number of hydrogen-bond donors (Lipinski definition) is 2. The summed E-state index contributed by atoms with van der Waals surface area (Å²) < 4.78 is 26.7. The highest BCUT2D eigenvalue weighted by Gasteiger charge is 2.23. The number of sulfonamides is 1. The average molecular weight is 290 g/mol. The van der Waals surface area contributed by atoms with Crippen LogP contribution in [0.25, 0.3) is 0 Å². The Hall–Kier alpha value is -0.470. The summed E-state index contributed by atoms with van der Waals surface area (Å²) in [6.45, 7) is 1.36. The van der Waals surface area contributed by atoms with E-state index in [1.807, 2.05) is 7.05 Å². The second kappa shape index (κ2) is 5.66. The van der Waals surface area contributed by atoms with Gasteiger partial charge in [-0.25, -0.2) is 13.1 Å². The fourth-order valence-corrected chi connectivity index (χ4v) is 4.32. The second-order valence-electron chi connectivity index (χ2n) is 4.54. The monoisotopic (exact) mass is 290 g/mol. The van der Waals surface area contributed by atoms with Crippen LogP contribution in [0.4, 0.5) is 0 Å². The number of nitrogens with zero attached hydrogens (tertiary/aromatic N) is 1. The maximum atomic E-state index is 12.0. The fourth-order valence-electron chi connectivity index (χ4n) is 2.11. The zero-order chi connectivity index (χ0) is 13.2. The molecule has 1 aliphatic rings. The third kappa shape index (κ3) is 3.10. The van der Waals surface area contributed by atoms with Crippen molar-refractivity contribution in [2.45, 2.75) is 30.4 Å². The molecule has 0 saturated carbocycles. The Morgan fingerprint density at radius 2 is 2.39 bits per heavy atom. The van der Waals surface area contributed by atoms with Crippen LogP contribution in [-0.2, 0) is 16.6 Å². The lowest BCUT2D eigenvalue weighted by atomic mass is 10.2. The Labute approximate surface area is 111 Å². The number of rotatable bonds is 5. The molecule has 1 fully saturated rings. The van der Waals surface area contributed by atoms with E-state index in [2.05, 4.69) is 9.62 Å². The minimum Gasteiger partial charge on any atom is -0.391 e. The van der Waals surface area contributed by atoms with Gasteiger partial charge < -0.3 is 10.0 Å². The molecular weight excluding hydrogens is 272 g/mol. The van der Waals surface area contributed by atoms with E-state index in [0.29, 0.717) is 11.4 Å². The van der Waals surface area contributed by atoms with Gasteiger partial charge in [0, 0.05) is 22.8 Å². The quantitative estimate of drug-likeness (QED) is 0.834. The molecule has 1 saturated heterocycles. The molecule has 0 bridgehead atoms. The van der Waals surface area contributed by atoms with E-state index in [1.165, 1.54) is 17.4 Å². The molecule has 0 amide bonds. The molecule has 5 nitrogen and oxygen atoms in total. The molecule has 102 valence electrons. The largest absolute Gasteiger partial charge is 0.391 e. The van der Waals surface area contributed by atoms with Crippen LogP contribution in [0.1, 0.15) is 17.7 Å². The first kappa shape index (κ1) is 14.0. The van der Waals surface area contributed by atoms with Gasteiger partial charge in [0.15, 0.2) is 0 Å². The van der Waals surface area contributed by atoms with Gasteiger partial charge in [0.25, 0.3) is 0 Å². The SMILES string of the molecule is CN1CCCC1CNS(=O)(=O)c1csc(CO)c1. The summed E-state index contributed by atoms with van der Waals surface area (Å²) >= 11 is 1.26. The number of likely N-dealkylation sites (tertiary alicyclic amines) is 1. The van der Waals surface area contributed by atoms with Crippen molar-refractivity contribution < 1.29 is 13.5 Å². The van der Waals surface area contributed by atoms with Crippen molar-refractivity contribution in [3.63, 3.8) is 0 Å². The van der Waals surface area contributed by atoms with Crippen molar-refractivity contribution in [2.75, 3.05) is 20.1 Å². The lowest BCUT2D eigenvalue weighted by Gasteiger charge is -2.19. The van der Waals surface area contributed by atoms with Crippen LogP contribution in [0.3, 0.4) is 0 Å². The van der Waals surface area contributed by atoms with Gasteiger partial charge in [0.05, 0.1) is 11.5 Å². The summed E-state index contributed by atoms with van der Waals surface area (Å²) in [5.41, 5.74) is 0. The molecule has 7 heteroatoms. The first-order valence-electron chi connectivity index (χ1n) is 5.91. The van der Waals surface area contributed by atoms with Crippen molar-refractivity contribution >= 4 is 21.4 Å². The standard InChI is InChI=1S/C11H18N2O3S2/c1-13-4-2-3-9(13)6-12-18(15,16)11-5-10(7-14)17-8-11/h5,8-9,12,14H,2-4,6-7H2,1H3. The summed E-state index contributed by atoms with van der Waals surface area (Å²) in [4.78, 5) is 3.08. The van der Waals surface area contributed by atoms with Crippen LogP contribution in [-0.4, -0.2) is 44.6 Å². The molecule has 18 heavy (non-hydrogen) atoms. The first-order chi connectivity index (χ1) is 8.53. The van der Waals surface area contributed by atoms with Gasteiger partial charge in [-0.05, 0) is 32.5 Å². The predicted molar refractivity (Wildman–Crippen MR) is 71.1 cm³/mol. The normalized spacial score (nSPS) is 21.6. The summed E-state index contributed by atoms with van der Waals surface area (Å²) in [6, 6.07) is 1.81. The van der Waals surface area contributed by atoms with E-state index in [1.54, 1.807) is 5.38 Å². The van der Waals surface area contributed by atoms with Gasteiger partial charge in [0.1, 0.15) is 0 Å². The number of nitrogens with one attached hydrogen (secondary N) is 1. The molecule has 2 N–H and O–H groups in total. The molecule has 0 spiro atoms. The molecule has 1 unspecified atom stereocenters. The lowest BCUT2D eigenvalue weighted by Crippen LogP contribution is -2.38. The zero-order valence-electron chi connectivity index (χ0n) is 10.3. The van der Waals surface area contributed by atoms with Crippen LogP contribution in [0.2, 0.25) is 0 Å². The van der Waals surface area contributed by atoms with Gasteiger partial charge >= 0.3 is 0 Å². The van der Waals surface area contributed by atoms with Crippen LogP contribution >= 0.6 is 11.3 Å². The van der Waals surface area contributed by atoms with E-state index in [0.717, 1.165) is 19.4 Å². The average Bonchev–Trinajstić information content (AvgIpc) is 2.95. The second-order valence-corrected chi connectivity index (χ2v) is 7.30. The van der Waals surface area contributed by atoms with Gasteiger partial charge in [0.2, 0.25) is 10.0 Å². The van der Waals surface area contributed by atoms with Crippen molar-refractivity contribution in [1.29, 1.82) is 0 Å². The number of hydrogen-bond acceptors (Lipinski definition) is 5. The van der Waals surface area contributed by atoms with Crippen LogP contribution in [0, 0.1) is 0 Å². The van der Waals surface area contributed by atoms with Crippen LogP contribution in [0.5, 0.6) is 0 Å². The van der Waals surface area contributed by atoms with E-state index in [9.17, 15) is 8.42 Å². The van der Waals surface area contributed by atoms with Gasteiger partial charge in [-0.15, -0.1) is 11.3 Å². The Morgan fingerprint density at radius 3 is 2.94 bits per heavy atom. The van der Waals surface area contributed by atoms with E-state index in [-0.39, 0.29) is 17.5 Å². The Kier molecular flexibility index (Phi) is 4.39. The Bertz CT molecular complexity index is 498. The molecule has 1 aromatic heterocycles. The molecule has 0 aliphatic carbocycles. The molecule has 1 aromatic rings. The topological polar surface area (TPSA) is 69.6 Å². The molecule has 2 rings (SSSR count). The first-order valence-corrected chi connectivity index (χ1v) is 8.27.